The van der Waals surface area contributed by atoms with E-state index in [1.807, 2.05) is 97.9 Å². The Morgan fingerprint density at radius 2 is 1.11 bits per heavy atom. The van der Waals surface area contributed by atoms with Crippen molar-refractivity contribution in [3.05, 3.63) is 121 Å². The summed E-state index contributed by atoms with van der Waals surface area (Å²) >= 11 is 0. The average molecular weight is 529 g/mol. The fourth-order valence-electron chi connectivity index (χ4n) is 4.48. The highest BCUT2D eigenvalue weighted by atomic mass is 32.2. The van der Waals surface area contributed by atoms with Gasteiger partial charge in [-0.3, -0.25) is 9.59 Å². The van der Waals surface area contributed by atoms with Crippen molar-refractivity contribution in [1.82, 2.24) is 0 Å². The number of ketones is 2. The second-order valence-electron chi connectivity index (χ2n) is 8.99. The van der Waals surface area contributed by atoms with Crippen LogP contribution in [-0.4, -0.2) is 31.0 Å². The minimum absolute atomic E-state index is 0.0429. The van der Waals surface area contributed by atoms with E-state index in [0.29, 0.717) is 0 Å². The first kappa shape index (κ1) is 26.5. The van der Waals surface area contributed by atoms with Crippen LogP contribution in [0.4, 0.5) is 0 Å². The summed E-state index contributed by atoms with van der Waals surface area (Å²) in [7, 11) is -4.04. The highest BCUT2D eigenvalue weighted by molar-refractivity contribution is 7.95. The Kier molecular flexibility index (Phi) is 8.06. The van der Waals surface area contributed by atoms with Gasteiger partial charge >= 0.3 is 0 Å². The summed E-state index contributed by atoms with van der Waals surface area (Å²) in [4.78, 5) is 26.4. The van der Waals surface area contributed by atoms with Gasteiger partial charge < -0.3 is 0 Å². The predicted octanol–water partition coefficient (Wildman–Crippen LogP) is 4.48. The molecule has 0 fully saturated rings. The SMILES string of the molecule is CC(=O)C(CC(=O)C=P(c1ccccc1)(c1ccccc1)c1ccccc1)S(=O)(=O)c1ccc(C)cc1. The zero-order valence-corrected chi connectivity index (χ0v) is 22.5. The van der Waals surface area contributed by atoms with E-state index in [0.717, 1.165) is 21.5 Å². The molecule has 0 radical (unpaired) electrons. The molecule has 0 bridgehead atoms. The molecule has 0 spiro atoms. The zero-order valence-electron chi connectivity index (χ0n) is 20.8. The maximum atomic E-state index is 13.8. The Labute approximate surface area is 218 Å². The predicted molar refractivity (Wildman–Crippen MR) is 154 cm³/mol. The molecule has 0 saturated heterocycles. The van der Waals surface area contributed by atoms with Crippen molar-refractivity contribution in [2.45, 2.75) is 30.4 Å². The van der Waals surface area contributed by atoms with Gasteiger partial charge in [-0.25, -0.2) is 8.42 Å². The molecule has 1 unspecified atom stereocenters. The molecular weight excluding hydrogens is 499 g/mol. The number of carbonyl (C=O) groups is 2. The minimum Gasteiger partial charge on any atom is -0.299 e. The van der Waals surface area contributed by atoms with E-state index < -0.39 is 34.2 Å². The Bertz CT molecular complexity index is 1440. The van der Waals surface area contributed by atoms with Gasteiger partial charge in [0, 0.05) is 6.42 Å². The monoisotopic (exact) mass is 528 g/mol. The summed E-state index contributed by atoms with van der Waals surface area (Å²) in [6.07, 6.45) is -0.417. The fourth-order valence-corrected chi connectivity index (χ4v) is 9.95. The topological polar surface area (TPSA) is 68.3 Å². The van der Waals surface area contributed by atoms with Crippen molar-refractivity contribution in [1.29, 1.82) is 0 Å². The molecule has 1 atom stereocenters. The van der Waals surface area contributed by atoms with Gasteiger partial charge in [-0.2, -0.15) is 0 Å². The highest BCUT2D eigenvalue weighted by Gasteiger charge is 2.34. The van der Waals surface area contributed by atoms with E-state index >= 15 is 0 Å². The van der Waals surface area contributed by atoms with Crippen molar-refractivity contribution in [2.75, 3.05) is 0 Å². The van der Waals surface area contributed by atoms with Gasteiger partial charge in [0.25, 0.3) is 0 Å². The van der Waals surface area contributed by atoms with Gasteiger partial charge in [0.1, 0.15) is 11.0 Å². The Morgan fingerprint density at radius 1 is 0.703 bits per heavy atom. The molecule has 0 N–H and O–H groups in total. The number of carbonyl (C=O) groups excluding carboxylic acids is 2. The molecule has 0 aliphatic heterocycles. The third kappa shape index (κ3) is 5.58. The average Bonchev–Trinajstić information content (AvgIpc) is 2.92. The minimum atomic E-state index is -4.04. The van der Waals surface area contributed by atoms with Crippen molar-refractivity contribution in [3.8, 4) is 0 Å². The zero-order chi connectivity index (χ0) is 26.5. The molecule has 4 aromatic carbocycles. The standard InChI is InChI=1S/C31H29O4PS/c1-24-18-20-30(21-19-24)37(34,35)31(25(2)32)22-26(33)23-36(27-12-6-3-7-13-27,28-14-8-4-9-15-28)29-16-10-5-11-17-29/h3-21,23,31H,22H2,1-2H3. The van der Waals surface area contributed by atoms with E-state index in [4.69, 9.17) is 0 Å². The van der Waals surface area contributed by atoms with E-state index in [1.165, 1.54) is 19.1 Å². The molecule has 4 rings (SSSR count). The van der Waals surface area contributed by atoms with Crippen LogP contribution < -0.4 is 15.9 Å². The van der Waals surface area contributed by atoms with E-state index in [2.05, 4.69) is 0 Å². The third-order valence-corrected chi connectivity index (χ3v) is 12.6. The van der Waals surface area contributed by atoms with Crippen molar-refractivity contribution in [3.63, 3.8) is 0 Å². The highest BCUT2D eigenvalue weighted by Crippen LogP contribution is 2.43. The second-order valence-corrected chi connectivity index (χ2v) is 14.4. The largest absolute Gasteiger partial charge is 0.299 e. The van der Waals surface area contributed by atoms with Crippen LogP contribution in [0.3, 0.4) is 0 Å². The normalized spacial score (nSPS) is 12.5. The summed E-state index contributed by atoms with van der Waals surface area (Å²) in [6.45, 7) is 0.485. The molecule has 0 amide bonds. The van der Waals surface area contributed by atoms with Crippen molar-refractivity contribution < 1.29 is 18.0 Å². The van der Waals surface area contributed by atoms with Gasteiger partial charge in [0.2, 0.25) is 0 Å². The number of sulfone groups is 1. The maximum absolute atomic E-state index is 13.8. The number of hydrogen-bond donors (Lipinski definition) is 0. The molecule has 4 aromatic rings. The first-order valence-electron chi connectivity index (χ1n) is 12.0. The third-order valence-electron chi connectivity index (χ3n) is 6.39. The lowest BCUT2D eigenvalue weighted by Crippen LogP contribution is -2.33. The van der Waals surface area contributed by atoms with Gasteiger partial charge in [0.05, 0.1) is 4.90 Å². The lowest BCUT2D eigenvalue weighted by molar-refractivity contribution is -0.119. The smallest absolute Gasteiger partial charge is 0.188 e. The quantitative estimate of drug-likeness (QED) is 0.301. The number of rotatable bonds is 9. The van der Waals surface area contributed by atoms with Gasteiger partial charge in [-0.15, -0.1) is 0 Å². The first-order chi connectivity index (χ1) is 17.7. The molecule has 0 saturated carbocycles. The summed E-state index contributed by atoms with van der Waals surface area (Å²) in [6, 6.07) is 35.8. The lowest BCUT2D eigenvalue weighted by atomic mass is 10.2. The summed E-state index contributed by atoms with van der Waals surface area (Å²) in [5.74, 6) is 0.763. The summed E-state index contributed by atoms with van der Waals surface area (Å²) in [5.41, 5.74) is 0.908. The van der Waals surface area contributed by atoms with Crippen LogP contribution in [0.2, 0.25) is 0 Å². The van der Waals surface area contributed by atoms with Crippen LogP contribution in [0.15, 0.2) is 120 Å². The lowest BCUT2D eigenvalue weighted by Gasteiger charge is -2.28. The maximum Gasteiger partial charge on any atom is 0.188 e. The van der Waals surface area contributed by atoms with Crippen LogP contribution in [0, 0.1) is 6.92 Å². The Morgan fingerprint density at radius 3 is 1.49 bits per heavy atom. The number of benzene rings is 4. The number of hydrogen-bond acceptors (Lipinski definition) is 4. The van der Waals surface area contributed by atoms with E-state index in [-0.39, 0.29) is 10.7 Å². The molecule has 188 valence electrons. The van der Waals surface area contributed by atoms with Crippen molar-refractivity contribution in [2.24, 2.45) is 0 Å². The number of Topliss-reactive ketones (excluding diaryl/α,β-unsaturated/α-hetero) is 2. The molecule has 0 aliphatic rings. The molecule has 4 nitrogen and oxygen atoms in total. The van der Waals surface area contributed by atoms with Crippen LogP contribution in [0.5, 0.6) is 0 Å². The Hall–Kier alpha value is -3.53. The van der Waals surface area contributed by atoms with Gasteiger partial charge in [-0.1, -0.05) is 109 Å². The molecule has 37 heavy (non-hydrogen) atoms. The summed E-state index contributed by atoms with van der Waals surface area (Å²) < 4.78 is 26.8. The van der Waals surface area contributed by atoms with Gasteiger partial charge in [-0.05, 0) is 54.6 Å². The van der Waals surface area contributed by atoms with Gasteiger partial charge in [0.15, 0.2) is 15.6 Å². The molecule has 0 heterocycles. The molecular formula is C31H29O4PS. The van der Waals surface area contributed by atoms with Crippen LogP contribution in [-0.2, 0) is 19.4 Å². The van der Waals surface area contributed by atoms with E-state index in [9.17, 15) is 18.0 Å². The van der Waals surface area contributed by atoms with Crippen LogP contribution in [0.25, 0.3) is 0 Å². The van der Waals surface area contributed by atoms with Crippen LogP contribution in [0.1, 0.15) is 18.9 Å². The van der Waals surface area contributed by atoms with Crippen LogP contribution >= 0.6 is 6.89 Å². The van der Waals surface area contributed by atoms with E-state index in [1.54, 1.807) is 17.9 Å². The molecule has 6 heteroatoms. The Balaban J connectivity index is 1.89. The van der Waals surface area contributed by atoms with Crippen molar-refractivity contribution >= 4 is 50.0 Å². The fraction of sp³-hybridized carbons (Fsp3) is 0.129. The first-order valence-corrected chi connectivity index (χ1v) is 15.4. The molecule has 0 aromatic heterocycles. The second kappa shape index (κ2) is 11.2. The molecule has 0 aliphatic carbocycles. The number of aryl methyl sites for hydroxylation is 1. The summed E-state index contributed by atoms with van der Waals surface area (Å²) in [5, 5.41) is 1.47.